The van der Waals surface area contributed by atoms with Crippen molar-refractivity contribution in [1.29, 1.82) is 0 Å². The Labute approximate surface area is 193 Å². The number of piperazine rings is 1. The highest BCUT2D eigenvalue weighted by Gasteiger charge is 2.28. The van der Waals surface area contributed by atoms with E-state index in [1.165, 1.54) is 31.1 Å². The molecule has 5 rings (SSSR count). The highest BCUT2D eigenvalue weighted by Crippen LogP contribution is 2.38. The van der Waals surface area contributed by atoms with Crippen molar-refractivity contribution >= 4 is 34.8 Å². The Morgan fingerprint density at radius 2 is 1.91 bits per heavy atom. The number of carbonyl (C=O) groups excluding carboxylic acids is 1. The minimum Gasteiger partial charge on any atom is -0.477 e. The fourth-order valence-corrected chi connectivity index (χ4v) is 4.10. The second-order valence-corrected chi connectivity index (χ2v) is 8.30. The van der Waals surface area contributed by atoms with Crippen molar-refractivity contribution in [1.82, 2.24) is 19.4 Å². The van der Waals surface area contributed by atoms with E-state index in [2.05, 4.69) is 15.0 Å². The molecule has 2 aliphatic rings. The SMILES string of the molecule is O=C(N=CN1CCN(c2cc3c(cc2F)c(=O)c(C(=O)O)cn3C2CC2)CC1)c1cnccn1. The third-order valence-electron chi connectivity index (χ3n) is 6.05. The molecule has 34 heavy (non-hydrogen) atoms. The van der Waals surface area contributed by atoms with Crippen molar-refractivity contribution in [2.45, 2.75) is 18.9 Å². The van der Waals surface area contributed by atoms with Gasteiger partial charge in [-0.2, -0.15) is 4.99 Å². The van der Waals surface area contributed by atoms with Gasteiger partial charge in [0.2, 0.25) is 5.43 Å². The van der Waals surface area contributed by atoms with Crippen molar-refractivity contribution in [3.8, 4) is 0 Å². The normalized spacial score (nSPS) is 16.4. The average Bonchev–Trinajstić information content (AvgIpc) is 3.69. The summed E-state index contributed by atoms with van der Waals surface area (Å²) in [4.78, 5) is 51.7. The molecule has 0 spiro atoms. The fraction of sp³-hybridized carbons (Fsp3) is 0.304. The number of aromatic carboxylic acids is 1. The van der Waals surface area contributed by atoms with Crippen LogP contribution in [0.3, 0.4) is 0 Å². The van der Waals surface area contributed by atoms with Crippen molar-refractivity contribution in [3.63, 3.8) is 0 Å². The van der Waals surface area contributed by atoms with Crippen molar-refractivity contribution < 1.29 is 19.1 Å². The van der Waals surface area contributed by atoms with Crippen molar-refractivity contribution in [2.24, 2.45) is 4.99 Å². The predicted molar refractivity (Wildman–Crippen MR) is 122 cm³/mol. The molecule has 1 saturated heterocycles. The Hall–Kier alpha value is -4.15. The summed E-state index contributed by atoms with van der Waals surface area (Å²) in [5.41, 5.74) is 0.0154. The number of aliphatic imine (C=N–C) groups is 1. The number of carboxylic acids is 1. The number of halogens is 1. The van der Waals surface area contributed by atoms with Gasteiger partial charge in [-0.25, -0.2) is 14.2 Å². The molecule has 11 heteroatoms. The molecule has 174 valence electrons. The predicted octanol–water partition coefficient (Wildman–Crippen LogP) is 1.95. The maximum Gasteiger partial charge on any atom is 0.341 e. The second kappa shape index (κ2) is 8.65. The van der Waals surface area contributed by atoms with Crippen molar-refractivity contribution in [2.75, 3.05) is 31.1 Å². The zero-order chi connectivity index (χ0) is 23.8. The van der Waals surface area contributed by atoms with Crippen LogP contribution >= 0.6 is 0 Å². The van der Waals surface area contributed by atoms with Gasteiger partial charge in [-0.15, -0.1) is 0 Å². The smallest absolute Gasteiger partial charge is 0.341 e. The number of fused-ring (bicyclic) bond motifs is 1. The number of carbonyl (C=O) groups is 2. The third kappa shape index (κ3) is 4.12. The molecular formula is C23H21FN6O4. The van der Waals surface area contributed by atoms with Crippen LogP contribution in [0.15, 0.2) is 46.7 Å². The first-order valence-corrected chi connectivity index (χ1v) is 10.9. The summed E-state index contributed by atoms with van der Waals surface area (Å²) in [6.45, 7) is 1.99. The Balaban J connectivity index is 1.37. The molecule has 1 N–H and O–H groups in total. The van der Waals surface area contributed by atoms with Gasteiger partial charge in [0.15, 0.2) is 0 Å². The van der Waals surface area contributed by atoms with Crippen LogP contribution in [-0.4, -0.2) is 68.9 Å². The number of amides is 1. The van der Waals surface area contributed by atoms with E-state index >= 15 is 4.39 Å². The van der Waals surface area contributed by atoms with E-state index < -0.39 is 23.1 Å². The molecule has 1 aliphatic carbocycles. The van der Waals surface area contributed by atoms with Crippen LogP contribution < -0.4 is 10.3 Å². The second-order valence-electron chi connectivity index (χ2n) is 8.30. The van der Waals surface area contributed by atoms with E-state index in [0.717, 1.165) is 18.9 Å². The Morgan fingerprint density at radius 1 is 1.15 bits per heavy atom. The number of hydrogen-bond donors (Lipinski definition) is 1. The Kier molecular flexibility index (Phi) is 5.52. The molecule has 1 aliphatic heterocycles. The van der Waals surface area contributed by atoms with Gasteiger partial charge in [0.05, 0.1) is 23.7 Å². The molecule has 2 aromatic heterocycles. The first kappa shape index (κ1) is 21.7. The van der Waals surface area contributed by atoms with Gasteiger partial charge in [0, 0.05) is 56.2 Å². The van der Waals surface area contributed by atoms with Gasteiger partial charge < -0.3 is 19.5 Å². The quantitative estimate of drug-likeness (QED) is 0.449. The largest absolute Gasteiger partial charge is 0.477 e. The van der Waals surface area contributed by atoms with Crippen LogP contribution in [0.25, 0.3) is 10.9 Å². The maximum atomic E-state index is 15.1. The van der Waals surface area contributed by atoms with Crippen LogP contribution in [0.4, 0.5) is 10.1 Å². The zero-order valence-electron chi connectivity index (χ0n) is 18.1. The lowest BCUT2D eigenvalue weighted by Crippen LogP contribution is -2.46. The summed E-state index contributed by atoms with van der Waals surface area (Å²) in [6.07, 6.45) is 8.84. The van der Waals surface area contributed by atoms with E-state index in [1.54, 1.807) is 10.6 Å². The molecule has 1 amide bonds. The number of benzene rings is 1. The van der Waals surface area contributed by atoms with Crippen LogP contribution in [-0.2, 0) is 0 Å². The van der Waals surface area contributed by atoms with Gasteiger partial charge in [0.1, 0.15) is 17.1 Å². The molecule has 3 aromatic rings. The van der Waals surface area contributed by atoms with Crippen LogP contribution in [0.2, 0.25) is 0 Å². The van der Waals surface area contributed by atoms with E-state index in [0.29, 0.717) is 37.4 Å². The van der Waals surface area contributed by atoms with E-state index in [9.17, 15) is 19.5 Å². The molecule has 0 atom stereocenters. The molecule has 2 fully saturated rings. The lowest BCUT2D eigenvalue weighted by molar-refractivity contribution is 0.0694. The molecule has 1 saturated carbocycles. The van der Waals surface area contributed by atoms with E-state index in [1.807, 2.05) is 9.80 Å². The Bertz CT molecular complexity index is 1360. The third-order valence-corrected chi connectivity index (χ3v) is 6.05. The topological polar surface area (TPSA) is 121 Å². The van der Waals surface area contributed by atoms with E-state index in [-0.39, 0.29) is 22.7 Å². The van der Waals surface area contributed by atoms with E-state index in [4.69, 9.17) is 0 Å². The summed E-state index contributed by atoms with van der Waals surface area (Å²) in [5.74, 6) is -2.38. The van der Waals surface area contributed by atoms with Gasteiger partial charge >= 0.3 is 5.97 Å². The number of anilines is 1. The maximum absolute atomic E-state index is 15.1. The summed E-state index contributed by atoms with van der Waals surface area (Å²) >= 11 is 0. The van der Waals surface area contributed by atoms with Gasteiger partial charge in [-0.3, -0.25) is 14.6 Å². The molecule has 0 radical (unpaired) electrons. The lowest BCUT2D eigenvalue weighted by Gasteiger charge is -2.35. The molecule has 0 unspecified atom stereocenters. The number of rotatable bonds is 5. The van der Waals surface area contributed by atoms with Crippen LogP contribution in [0.5, 0.6) is 0 Å². The van der Waals surface area contributed by atoms with Gasteiger partial charge in [-0.05, 0) is 25.0 Å². The van der Waals surface area contributed by atoms with Crippen LogP contribution in [0, 0.1) is 5.82 Å². The first-order chi connectivity index (χ1) is 16.4. The minimum atomic E-state index is -1.32. The number of aromatic nitrogens is 3. The van der Waals surface area contributed by atoms with Gasteiger partial charge in [0.25, 0.3) is 5.91 Å². The average molecular weight is 464 g/mol. The first-order valence-electron chi connectivity index (χ1n) is 10.9. The molecule has 0 bridgehead atoms. The molecule has 3 heterocycles. The molecule has 1 aromatic carbocycles. The standard InChI is InChI=1S/C23H21FN6O4/c24-17-9-15-19(30(14-1-2-14)12-16(21(15)31)23(33)34)10-20(17)29-7-5-28(6-8-29)13-27-22(32)18-11-25-3-4-26-18/h3-4,9-14H,1-2,5-8H2,(H,33,34). The molecular weight excluding hydrogens is 443 g/mol. The minimum absolute atomic E-state index is 0.0707. The number of pyridine rings is 1. The highest BCUT2D eigenvalue weighted by molar-refractivity contribution is 5.97. The monoisotopic (exact) mass is 464 g/mol. The summed E-state index contributed by atoms with van der Waals surface area (Å²) < 4.78 is 16.9. The number of hydrogen-bond acceptors (Lipinski definition) is 6. The van der Waals surface area contributed by atoms with Crippen molar-refractivity contribution in [3.05, 3.63) is 64.2 Å². The molecule has 10 nitrogen and oxygen atoms in total. The summed E-state index contributed by atoms with van der Waals surface area (Å²) in [7, 11) is 0. The van der Waals surface area contributed by atoms with Gasteiger partial charge in [-0.1, -0.05) is 0 Å². The summed E-state index contributed by atoms with van der Waals surface area (Å²) in [6, 6.07) is 2.89. The number of nitrogens with zero attached hydrogens (tertiary/aromatic N) is 6. The zero-order valence-corrected chi connectivity index (χ0v) is 18.1. The highest BCUT2D eigenvalue weighted by atomic mass is 19.1. The Morgan fingerprint density at radius 3 is 2.56 bits per heavy atom. The fourth-order valence-electron chi connectivity index (χ4n) is 4.10. The number of carboxylic acid groups (broad SMARTS) is 1. The lowest BCUT2D eigenvalue weighted by atomic mass is 10.1. The van der Waals surface area contributed by atoms with Crippen LogP contribution in [0.1, 0.15) is 39.7 Å². The summed E-state index contributed by atoms with van der Waals surface area (Å²) in [5, 5.41) is 9.46.